The summed E-state index contributed by atoms with van der Waals surface area (Å²) in [5.41, 5.74) is 0.832. The first-order valence-electron chi connectivity index (χ1n) is 5.44. The Bertz CT molecular complexity index is 398. The average Bonchev–Trinajstić information content (AvgIpc) is 2.60. The van der Waals surface area contributed by atoms with Crippen LogP contribution in [0.25, 0.3) is 0 Å². The maximum Gasteiger partial charge on any atom is 0.345 e. The SMILES string of the molecule is COC(C)(C)CNCc1cc(C(=O)O)sc1C. The Morgan fingerprint density at radius 1 is 1.59 bits per heavy atom. The van der Waals surface area contributed by atoms with Gasteiger partial charge in [0.05, 0.1) is 5.60 Å². The van der Waals surface area contributed by atoms with Crippen LogP contribution in [0.15, 0.2) is 6.07 Å². The fraction of sp³-hybridized carbons (Fsp3) is 0.583. The first-order chi connectivity index (χ1) is 7.85. The number of aromatic carboxylic acids is 1. The van der Waals surface area contributed by atoms with Crippen LogP contribution >= 0.6 is 11.3 Å². The molecule has 0 bridgehead atoms. The monoisotopic (exact) mass is 257 g/mol. The van der Waals surface area contributed by atoms with Crippen LogP contribution < -0.4 is 5.32 Å². The van der Waals surface area contributed by atoms with E-state index in [0.717, 1.165) is 17.0 Å². The molecule has 0 radical (unpaired) electrons. The number of hydrogen-bond acceptors (Lipinski definition) is 4. The molecule has 0 aliphatic rings. The second-order valence-corrected chi connectivity index (χ2v) is 5.82. The number of nitrogens with one attached hydrogen (secondary N) is 1. The van der Waals surface area contributed by atoms with Gasteiger partial charge in [-0.3, -0.25) is 0 Å². The number of rotatable bonds is 6. The Kier molecular flexibility index (Phi) is 4.68. The molecule has 5 heteroatoms. The number of carboxylic acid groups (broad SMARTS) is 1. The highest BCUT2D eigenvalue weighted by atomic mass is 32.1. The van der Waals surface area contributed by atoms with Gasteiger partial charge in [0.25, 0.3) is 0 Å². The van der Waals surface area contributed by atoms with E-state index in [1.807, 2.05) is 20.8 Å². The van der Waals surface area contributed by atoms with Crippen molar-refractivity contribution in [1.29, 1.82) is 0 Å². The lowest BCUT2D eigenvalue weighted by molar-refractivity contribution is 0.0230. The molecule has 0 aliphatic heterocycles. The lowest BCUT2D eigenvalue weighted by Gasteiger charge is -2.23. The number of thiophene rings is 1. The molecule has 1 aromatic rings. The van der Waals surface area contributed by atoms with E-state index >= 15 is 0 Å². The molecule has 1 heterocycles. The molecular weight excluding hydrogens is 238 g/mol. The topological polar surface area (TPSA) is 58.6 Å². The van der Waals surface area contributed by atoms with Gasteiger partial charge < -0.3 is 15.2 Å². The van der Waals surface area contributed by atoms with Crippen LogP contribution in [0.5, 0.6) is 0 Å². The van der Waals surface area contributed by atoms with Gasteiger partial charge in [-0.15, -0.1) is 11.3 Å². The number of hydrogen-bond donors (Lipinski definition) is 2. The van der Waals surface area contributed by atoms with Crippen LogP contribution in [0.1, 0.15) is 34.0 Å². The third kappa shape index (κ3) is 4.11. The predicted octanol–water partition coefficient (Wildman–Crippen LogP) is 2.27. The molecule has 0 aliphatic carbocycles. The Morgan fingerprint density at radius 3 is 2.71 bits per heavy atom. The van der Waals surface area contributed by atoms with Crippen molar-refractivity contribution >= 4 is 17.3 Å². The molecule has 0 aromatic carbocycles. The Morgan fingerprint density at radius 2 is 2.24 bits per heavy atom. The molecule has 0 amide bonds. The molecule has 1 aromatic heterocycles. The highest BCUT2D eigenvalue weighted by Gasteiger charge is 2.16. The number of aryl methyl sites for hydroxylation is 1. The third-order valence-electron chi connectivity index (χ3n) is 2.65. The fourth-order valence-corrected chi connectivity index (χ4v) is 2.25. The van der Waals surface area contributed by atoms with E-state index in [1.54, 1.807) is 13.2 Å². The van der Waals surface area contributed by atoms with Crippen molar-refractivity contribution in [3.63, 3.8) is 0 Å². The molecule has 0 atom stereocenters. The molecule has 2 N–H and O–H groups in total. The summed E-state index contributed by atoms with van der Waals surface area (Å²) in [4.78, 5) is 12.3. The molecule has 0 saturated carbocycles. The number of carbonyl (C=O) groups is 1. The second-order valence-electron chi connectivity index (χ2n) is 4.56. The van der Waals surface area contributed by atoms with Crippen LogP contribution in [0.4, 0.5) is 0 Å². The Labute approximate surface area is 106 Å². The summed E-state index contributed by atoms with van der Waals surface area (Å²) in [6, 6.07) is 1.73. The van der Waals surface area contributed by atoms with Crippen molar-refractivity contribution in [3.8, 4) is 0 Å². The summed E-state index contributed by atoms with van der Waals surface area (Å²) in [5.74, 6) is -0.860. The Hall–Kier alpha value is -0.910. The van der Waals surface area contributed by atoms with Crippen LogP contribution in [-0.4, -0.2) is 30.3 Å². The summed E-state index contributed by atoms with van der Waals surface area (Å²) >= 11 is 1.32. The van der Waals surface area contributed by atoms with Crippen molar-refractivity contribution in [3.05, 3.63) is 21.4 Å². The summed E-state index contributed by atoms with van der Waals surface area (Å²) in [5, 5.41) is 12.2. The summed E-state index contributed by atoms with van der Waals surface area (Å²) < 4.78 is 5.30. The van der Waals surface area contributed by atoms with Gasteiger partial charge in [0.2, 0.25) is 0 Å². The van der Waals surface area contributed by atoms with Crippen LogP contribution in [0.3, 0.4) is 0 Å². The first kappa shape index (κ1) is 14.2. The smallest absolute Gasteiger partial charge is 0.345 e. The van der Waals surface area contributed by atoms with Crippen molar-refractivity contribution < 1.29 is 14.6 Å². The van der Waals surface area contributed by atoms with E-state index in [0.29, 0.717) is 11.4 Å². The van der Waals surface area contributed by atoms with Crippen LogP contribution in [0.2, 0.25) is 0 Å². The van der Waals surface area contributed by atoms with Gasteiger partial charge >= 0.3 is 5.97 Å². The van der Waals surface area contributed by atoms with E-state index in [4.69, 9.17) is 9.84 Å². The molecule has 4 nitrogen and oxygen atoms in total. The quantitative estimate of drug-likeness (QED) is 0.820. The highest BCUT2D eigenvalue weighted by molar-refractivity contribution is 7.14. The number of carboxylic acids is 1. The molecule has 96 valence electrons. The molecule has 0 fully saturated rings. The van der Waals surface area contributed by atoms with Gasteiger partial charge in [-0.05, 0) is 32.4 Å². The van der Waals surface area contributed by atoms with Gasteiger partial charge in [0, 0.05) is 25.1 Å². The van der Waals surface area contributed by atoms with Gasteiger partial charge in [0.15, 0.2) is 0 Å². The van der Waals surface area contributed by atoms with Gasteiger partial charge in [0.1, 0.15) is 4.88 Å². The maximum absolute atomic E-state index is 10.8. The number of methoxy groups -OCH3 is 1. The van der Waals surface area contributed by atoms with E-state index < -0.39 is 5.97 Å². The lowest BCUT2D eigenvalue weighted by atomic mass is 10.1. The summed E-state index contributed by atoms with van der Waals surface area (Å²) in [6.07, 6.45) is 0. The van der Waals surface area contributed by atoms with Gasteiger partial charge in [-0.25, -0.2) is 4.79 Å². The van der Waals surface area contributed by atoms with Crippen LogP contribution in [-0.2, 0) is 11.3 Å². The lowest BCUT2D eigenvalue weighted by Crippen LogP contribution is -2.36. The number of ether oxygens (including phenoxy) is 1. The minimum atomic E-state index is -0.860. The zero-order valence-electron chi connectivity index (χ0n) is 10.7. The highest BCUT2D eigenvalue weighted by Crippen LogP contribution is 2.21. The van der Waals surface area contributed by atoms with Crippen molar-refractivity contribution in [2.75, 3.05) is 13.7 Å². The minimum Gasteiger partial charge on any atom is -0.477 e. The zero-order chi connectivity index (χ0) is 13.1. The second kappa shape index (κ2) is 5.62. The van der Waals surface area contributed by atoms with E-state index in [-0.39, 0.29) is 5.60 Å². The molecule has 0 saturated heterocycles. The summed E-state index contributed by atoms with van der Waals surface area (Å²) in [7, 11) is 1.68. The fourth-order valence-electron chi connectivity index (χ4n) is 1.37. The minimum absolute atomic E-state index is 0.209. The normalized spacial score (nSPS) is 11.8. The molecule has 0 spiro atoms. The molecule has 1 rings (SSSR count). The summed E-state index contributed by atoms with van der Waals surface area (Å²) in [6.45, 7) is 7.34. The van der Waals surface area contributed by atoms with E-state index in [2.05, 4.69) is 5.32 Å². The largest absolute Gasteiger partial charge is 0.477 e. The average molecular weight is 257 g/mol. The molecular formula is C12H19NO3S. The van der Waals surface area contributed by atoms with Crippen molar-refractivity contribution in [2.24, 2.45) is 0 Å². The zero-order valence-corrected chi connectivity index (χ0v) is 11.5. The van der Waals surface area contributed by atoms with Crippen LogP contribution in [0, 0.1) is 6.92 Å². The predicted molar refractivity (Wildman–Crippen MR) is 68.8 cm³/mol. The third-order valence-corrected chi connectivity index (χ3v) is 3.73. The molecule has 0 unspecified atom stereocenters. The van der Waals surface area contributed by atoms with E-state index in [1.165, 1.54) is 11.3 Å². The standard InChI is InChI=1S/C12H19NO3S/c1-8-9(5-10(17-8)11(14)15)6-13-7-12(2,3)16-4/h5,13H,6-7H2,1-4H3,(H,14,15). The first-order valence-corrected chi connectivity index (χ1v) is 6.26. The van der Waals surface area contributed by atoms with Gasteiger partial charge in [-0.2, -0.15) is 0 Å². The van der Waals surface area contributed by atoms with E-state index in [9.17, 15) is 4.79 Å². The Balaban J connectivity index is 2.55. The molecule has 17 heavy (non-hydrogen) atoms. The van der Waals surface area contributed by atoms with Crippen molar-refractivity contribution in [1.82, 2.24) is 5.32 Å². The van der Waals surface area contributed by atoms with Crippen molar-refractivity contribution in [2.45, 2.75) is 32.9 Å². The van der Waals surface area contributed by atoms with Gasteiger partial charge in [-0.1, -0.05) is 0 Å². The maximum atomic E-state index is 10.8.